The Morgan fingerprint density at radius 2 is 1.96 bits per heavy atom. The topological polar surface area (TPSA) is 33.2 Å². The van der Waals surface area contributed by atoms with Crippen LogP contribution in [0.15, 0.2) is 52.9 Å². The molecule has 1 unspecified atom stereocenters. The van der Waals surface area contributed by atoms with Gasteiger partial charge in [-0.15, -0.1) is 11.3 Å². The fourth-order valence-corrected chi connectivity index (χ4v) is 4.71. The number of thioether (sulfide) groups is 1. The summed E-state index contributed by atoms with van der Waals surface area (Å²) in [5, 5.41) is 0.366. The van der Waals surface area contributed by atoms with Crippen molar-refractivity contribution in [3.05, 3.63) is 59.1 Å². The van der Waals surface area contributed by atoms with Gasteiger partial charge >= 0.3 is 0 Å². The molecule has 0 spiro atoms. The molecule has 3 aromatic rings. The highest BCUT2D eigenvalue weighted by molar-refractivity contribution is 8.02. The predicted octanol–water partition coefficient (Wildman–Crippen LogP) is 4.87. The van der Waals surface area contributed by atoms with Crippen molar-refractivity contribution in [2.75, 3.05) is 14.1 Å². The number of hydrogen-bond donors (Lipinski definition) is 0. The van der Waals surface area contributed by atoms with E-state index in [-0.39, 0.29) is 11.2 Å². The van der Waals surface area contributed by atoms with Gasteiger partial charge in [-0.3, -0.25) is 4.79 Å². The Labute approximate surface area is 148 Å². The number of halogens is 1. The van der Waals surface area contributed by atoms with Gasteiger partial charge in [0.1, 0.15) is 5.25 Å². The maximum absolute atomic E-state index is 12.6. The molecular weight excluding hydrogens is 348 g/mol. The highest BCUT2D eigenvalue weighted by atomic mass is 35.5. The van der Waals surface area contributed by atoms with E-state index < -0.39 is 0 Å². The molecule has 1 amide bonds. The summed E-state index contributed by atoms with van der Waals surface area (Å²) in [6.45, 7) is 0. The minimum atomic E-state index is -0.303. The van der Waals surface area contributed by atoms with Crippen molar-refractivity contribution < 1.29 is 4.79 Å². The molecule has 1 atom stereocenters. The van der Waals surface area contributed by atoms with E-state index in [9.17, 15) is 4.79 Å². The monoisotopic (exact) mass is 362 g/mol. The molecule has 0 radical (unpaired) electrons. The fourth-order valence-electron chi connectivity index (χ4n) is 2.15. The van der Waals surface area contributed by atoms with E-state index in [1.165, 1.54) is 11.8 Å². The second kappa shape index (κ2) is 6.91. The number of fused-ring (bicyclic) bond motifs is 1. The molecule has 0 aliphatic heterocycles. The average Bonchev–Trinajstić information content (AvgIpc) is 2.94. The van der Waals surface area contributed by atoms with Crippen LogP contribution in [0.2, 0.25) is 5.02 Å². The number of thiazole rings is 1. The van der Waals surface area contributed by atoms with Crippen LogP contribution in [-0.4, -0.2) is 29.9 Å². The maximum atomic E-state index is 12.6. The summed E-state index contributed by atoms with van der Waals surface area (Å²) in [5.41, 5.74) is 1.85. The molecule has 118 valence electrons. The first kappa shape index (κ1) is 16.3. The van der Waals surface area contributed by atoms with Gasteiger partial charge in [0.15, 0.2) is 4.34 Å². The summed E-state index contributed by atoms with van der Waals surface area (Å²) in [6, 6.07) is 15.5. The number of rotatable bonds is 4. The Kier molecular flexibility index (Phi) is 4.90. The third-order valence-electron chi connectivity index (χ3n) is 3.32. The van der Waals surface area contributed by atoms with Crippen molar-refractivity contribution in [3.8, 4) is 0 Å². The minimum absolute atomic E-state index is 0.0542. The molecule has 0 fully saturated rings. The lowest BCUT2D eigenvalue weighted by Crippen LogP contribution is -2.26. The van der Waals surface area contributed by atoms with Crippen LogP contribution in [0.4, 0.5) is 0 Å². The third kappa shape index (κ3) is 3.68. The largest absolute Gasteiger partial charge is 0.348 e. The van der Waals surface area contributed by atoms with Crippen molar-refractivity contribution in [3.63, 3.8) is 0 Å². The zero-order chi connectivity index (χ0) is 16.4. The van der Waals surface area contributed by atoms with E-state index in [1.807, 2.05) is 48.5 Å². The first-order valence-corrected chi connectivity index (χ1v) is 9.11. The Bertz CT molecular complexity index is 833. The summed E-state index contributed by atoms with van der Waals surface area (Å²) in [5.74, 6) is 0.0542. The molecule has 1 heterocycles. The van der Waals surface area contributed by atoms with Crippen LogP contribution in [0, 0.1) is 0 Å². The summed E-state index contributed by atoms with van der Waals surface area (Å²) in [7, 11) is 3.55. The Morgan fingerprint density at radius 3 is 2.65 bits per heavy atom. The second-order valence-electron chi connectivity index (χ2n) is 5.23. The van der Waals surface area contributed by atoms with Gasteiger partial charge in [0, 0.05) is 19.1 Å². The SMILES string of the molecule is CN(C)C(=O)C(Sc1nc2cc(Cl)ccc2s1)c1ccccc1. The molecule has 2 aromatic carbocycles. The van der Waals surface area contributed by atoms with Crippen LogP contribution < -0.4 is 0 Å². The van der Waals surface area contributed by atoms with E-state index in [4.69, 9.17) is 11.6 Å². The summed E-state index contributed by atoms with van der Waals surface area (Å²) < 4.78 is 1.94. The number of carbonyl (C=O) groups excluding carboxylic acids is 1. The molecular formula is C17H15ClN2OS2. The lowest BCUT2D eigenvalue weighted by atomic mass is 10.1. The number of hydrogen-bond acceptors (Lipinski definition) is 4. The van der Waals surface area contributed by atoms with Crippen molar-refractivity contribution >= 4 is 50.8 Å². The molecule has 0 aliphatic carbocycles. The predicted molar refractivity (Wildman–Crippen MR) is 98.4 cm³/mol. The average molecular weight is 363 g/mol. The number of carbonyl (C=O) groups is 1. The zero-order valence-electron chi connectivity index (χ0n) is 12.7. The van der Waals surface area contributed by atoms with Crippen molar-refractivity contribution in [2.45, 2.75) is 9.59 Å². The van der Waals surface area contributed by atoms with Gasteiger partial charge in [-0.1, -0.05) is 53.7 Å². The lowest BCUT2D eigenvalue weighted by molar-refractivity contribution is -0.128. The van der Waals surface area contributed by atoms with E-state index in [1.54, 1.807) is 30.3 Å². The Balaban J connectivity index is 1.95. The fraction of sp³-hybridized carbons (Fsp3) is 0.176. The smallest absolute Gasteiger partial charge is 0.240 e. The van der Waals surface area contributed by atoms with Crippen LogP contribution in [-0.2, 0) is 4.79 Å². The van der Waals surface area contributed by atoms with E-state index in [2.05, 4.69) is 4.98 Å². The van der Waals surface area contributed by atoms with Gasteiger partial charge in [0.05, 0.1) is 10.2 Å². The molecule has 3 rings (SSSR count). The van der Waals surface area contributed by atoms with Gasteiger partial charge in [0.25, 0.3) is 0 Å². The maximum Gasteiger partial charge on any atom is 0.240 e. The molecule has 0 N–H and O–H groups in total. The normalized spacial score (nSPS) is 12.3. The first-order chi connectivity index (χ1) is 11.0. The van der Waals surface area contributed by atoms with Crippen LogP contribution in [0.5, 0.6) is 0 Å². The van der Waals surface area contributed by atoms with Crippen LogP contribution in [0.1, 0.15) is 10.8 Å². The minimum Gasteiger partial charge on any atom is -0.348 e. The molecule has 3 nitrogen and oxygen atoms in total. The standard InChI is InChI=1S/C17H15ClN2OS2/c1-20(2)16(21)15(11-6-4-3-5-7-11)23-17-19-13-10-12(18)8-9-14(13)22-17/h3-10,15H,1-2H3. The highest BCUT2D eigenvalue weighted by Gasteiger charge is 2.25. The number of amides is 1. The molecule has 0 bridgehead atoms. The van der Waals surface area contributed by atoms with Crippen LogP contribution in [0.3, 0.4) is 0 Å². The van der Waals surface area contributed by atoms with Gasteiger partial charge in [-0.2, -0.15) is 0 Å². The molecule has 23 heavy (non-hydrogen) atoms. The number of benzene rings is 2. The molecule has 6 heteroatoms. The van der Waals surface area contributed by atoms with Crippen LogP contribution in [0.25, 0.3) is 10.2 Å². The zero-order valence-corrected chi connectivity index (χ0v) is 15.1. The first-order valence-electron chi connectivity index (χ1n) is 7.03. The van der Waals surface area contributed by atoms with Crippen molar-refractivity contribution in [2.24, 2.45) is 0 Å². The molecule has 1 aromatic heterocycles. The van der Waals surface area contributed by atoms with Gasteiger partial charge in [-0.05, 0) is 23.8 Å². The summed E-state index contributed by atoms with van der Waals surface area (Å²) in [6.07, 6.45) is 0. The van der Waals surface area contributed by atoms with Gasteiger partial charge in [-0.25, -0.2) is 4.98 Å². The molecule has 0 saturated heterocycles. The quantitative estimate of drug-likeness (QED) is 0.621. The summed E-state index contributed by atoms with van der Waals surface area (Å²) >= 11 is 9.08. The van der Waals surface area contributed by atoms with Gasteiger partial charge in [0.2, 0.25) is 5.91 Å². The Morgan fingerprint density at radius 1 is 1.22 bits per heavy atom. The summed E-state index contributed by atoms with van der Waals surface area (Å²) in [4.78, 5) is 18.8. The van der Waals surface area contributed by atoms with E-state index in [0.717, 1.165) is 20.1 Å². The number of likely N-dealkylation sites (N-methyl/N-ethyl adjacent to an activating group) is 1. The van der Waals surface area contributed by atoms with Crippen molar-refractivity contribution in [1.82, 2.24) is 9.88 Å². The van der Waals surface area contributed by atoms with Crippen molar-refractivity contribution in [1.29, 1.82) is 0 Å². The lowest BCUT2D eigenvalue weighted by Gasteiger charge is -2.19. The van der Waals surface area contributed by atoms with E-state index in [0.29, 0.717) is 5.02 Å². The molecule has 0 aliphatic rings. The Hall–Kier alpha value is -1.56. The second-order valence-corrected chi connectivity index (χ2v) is 8.05. The third-order valence-corrected chi connectivity index (χ3v) is 5.92. The highest BCUT2D eigenvalue weighted by Crippen LogP contribution is 2.40. The number of aromatic nitrogens is 1. The van der Waals surface area contributed by atoms with E-state index >= 15 is 0 Å². The molecule has 0 saturated carbocycles. The van der Waals surface area contributed by atoms with Crippen LogP contribution >= 0.6 is 34.7 Å². The van der Waals surface area contributed by atoms with Gasteiger partial charge < -0.3 is 4.90 Å². The number of nitrogens with zero attached hydrogens (tertiary/aromatic N) is 2.